The topological polar surface area (TPSA) is 27.3 Å². The van der Waals surface area contributed by atoms with E-state index in [0.717, 1.165) is 37.5 Å². The van der Waals surface area contributed by atoms with Crippen molar-refractivity contribution in [3.8, 4) is 0 Å². The fourth-order valence-corrected chi connectivity index (χ4v) is 4.52. The Morgan fingerprint density at radius 2 is 2.20 bits per heavy atom. The van der Waals surface area contributed by atoms with Crippen LogP contribution in [0.5, 0.6) is 0 Å². The molecule has 0 spiro atoms. The first-order chi connectivity index (χ1) is 12.1. The van der Waals surface area contributed by atoms with Gasteiger partial charge in [0.25, 0.3) is 0 Å². The van der Waals surface area contributed by atoms with E-state index in [1.807, 2.05) is 6.08 Å². The van der Waals surface area contributed by atoms with Gasteiger partial charge in [0, 0.05) is 29.6 Å². The van der Waals surface area contributed by atoms with E-state index in [2.05, 4.69) is 42.0 Å². The first-order valence-electron chi connectivity index (χ1n) is 9.62. The molecule has 1 fully saturated rings. The van der Waals surface area contributed by atoms with E-state index in [1.54, 1.807) is 6.20 Å². The van der Waals surface area contributed by atoms with E-state index in [0.29, 0.717) is 18.0 Å². The molecule has 2 rings (SSSR count). The molecule has 0 bridgehead atoms. The Hall–Kier alpha value is -0.480. The summed E-state index contributed by atoms with van der Waals surface area (Å²) in [6.45, 7) is 12.7. The molecule has 0 aromatic carbocycles. The standard InChI is InChI=1S/C20H33Cl2N3/c1-4-10-25(6-3)11-9-16-13-18(20(14-24-16)23-5-2)17-12-15(21)7-8-19(17)22/h5,7,12,16,18-20,23-24H,2,4,6,8-11,13-14H2,1,3H3/t16?,18-,19?,20?/m0/s1. The van der Waals surface area contributed by atoms with Gasteiger partial charge in [-0.3, -0.25) is 0 Å². The zero-order chi connectivity index (χ0) is 18.2. The van der Waals surface area contributed by atoms with Gasteiger partial charge in [0.1, 0.15) is 0 Å². The number of halogens is 2. The smallest absolute Gasteiger partial charge is 0.0587 e. The normalized spacial score (nSPS) is 30.0. The van der Waals surface area contributed by atoms with Gasteiger partial charge in [0.15, 0.2) is 0 Å². The quantitative estimate of drug-likeness (QED) is 0.580. The molecule has 2 aliphatic rings. The van der Waals surface area contributed by atoms with Crippen LogP contribution in [0.15, 0.2) is 35.5 Å². The van der Waals surface area contributed by atoms with E-state index in [1.165, 1.54) is 25.0 Å². The number of nitrogens with one attached hydrogen (secondary N) is 2. The molecule has 1 aliphatic carbocycles. The average Bonchev–Trinajstić information content (AvgIpc) is 2.62. The SMILES string of the molecule is C=CNC1CNC(CCN(CC)CCC)C[C@H]1C1=CC(Cl)=CCC1Cl. The Morgan fingerprint density at radius 3 is 2.88 bits per heavy atom. The summed E-state index contributed by atoms with van der Waals surface area (Å²) in [7, 11) is 0. The number of alkyl halides is 1. The summed E-state index contributed by atoms with van der Waals surface area (Å²) in [4.78, 5) is 2.54. The van der Waals surface area contributed by atoms with Crippen molar-refractivity contribution in [2.24, 2.45) is 5.92 Å². The van der Waals surface area contributed by atoms with Crippen LogP contribution in [0.25, 0.3) is 0 Å². The third-order valence-electron chi connectivity index (χ3n) is 5.38. The molecule has 2 N–H and O–H groups in total. The van der Waals surface area contributed by atoms with Crippen LogP contribution in [0, 0.1) is 5.92 Å². The molecule has 3 nitrogen and oxygen atoms in total. The molecule has 0 aromatic heterocycles. The van der Waals surface area contributed by atoms with Gasteiger partial charge in [-0.2, -0.15) is 0 Å². The van der Waals surface area contributed by atoms with Crippen molar-refractivity contribution in [3.63, 3.8) is 0 Å². The third kappa shape index (κ3) is 6.02. The molecule has 4 atom stereocenters. The van der Waals surface area contributed by atoms with Crippen molar-refractivity contribution in [1.29, 1.82) is 0 Å². The molecule has 0 saturated carbocycles. The van der Waals surface area contributed by atoms with E-state index in [4.69, 9.17) is 23.2 Å². The molecule has 0 radical (unpaired) electrons. The van der Waals surface area contributed by atoms with Crippen LogP contribution in [0.4, 0.5) is 0 Å². The van der Waals surface area contributed by atoms with Crippen molar-refractivity contribution in [3.05, 3.63) is 35.5 Å². The Labute approximate surface area is 163 Å². The largest absolute Gasteiger partial charge is 0.387 e. The summed E-state index contributed by atoms with van der Waals surface area (Å²) in [6.07, 6.45) is 10.2. The molecular formula is C20H33Cl2N3. The highest BCUT2D eigenvalue weighted by atomic mass is 35.5. The molecular weight excluding hydrogens is 353 g/mol. The number of hydrogen-bond donors (Lipinski definition) is 2. The summed E-state index contributed by atoms with van der Waals surface area (Å²) in [5.74, 6) is 0.399. The minimum atomic E-state index is 0.0487. The van der Waals surface area contributed by atoms with E-state index >= 15 is 0 Å². The van der Waals surface area contributed by atoms with Gasteiger partial charge in [-0.15, -0.1) is 11.6 Å². The van der Waals surface area contributed by atoms with Crippen molar-refractivity contribution in [1.82, 2.24) is 15.5 Å². The minimum Gasteiger partial charge on any atom is -0.387 e. The predicted molar refractivity (Wildman–Crippen MR) is 110 cm³/mol. The molecule has 25 heavy (non-hydrogen) atoms. The van der Waals surface area contributed by atoms with Gasteiger partial charge < -0.3 is 15.5 Å². The summed E-state index contributed by atoms with van der Waals surface area (Å²) in [6, 6.07) is 0.843. The van der Waals surface area contributed by atoms with E-state index < -0.39 is 0 Å². The highest BCUT2D eigenvalue weighted by Crippen LogP contribution is 2.35. The zero-order valence-corrected chi connectivity index (χ0v) is 17.1. The highest BCUT2D eigenvalue weighted by molar-refractivity contribution is 6.32. The van der Waals surface area contributed by atoms with Crippen LogP contribution < -0.4 is 10.6 Å². The average molecular weight is 386 g/mol. The lowest BCUT2D eigenvalue weighted by Gasteiger charge is -2.40. The van der Waals surface area contributed by atoms with E-state index in [-0.39, 0.29) is 5.38 Å². The van der Waals surface area contributed by atoms with Gasteiger partial charge in [-0.05, 0) is 63.2 Å². The lowest BCUT2D eigenvalue weighted by molar-refractivity contribution is 0.223. The van der Waals surface area contributed by atoms with Crippen LogP contribution >= 0.6 is 23.2 Å². The van der Waals surface area contributed by atoms with Crippen LogP contribution in [0.1, 0.15) is 39.5 Å². The summed E-state index contributed by atoms with van der Waals surface area (Å²) >= 11 is 12.9. The first-order valence-corrected chi connectivity index (χ1v) is 10.4. The van der Waals surface area contributed by atoms with Gasteiger partial charge >= 0.3 is 0 Å². The first kappa shape index (κ1) is 20.8. The fourth-order valence-electron chi connectivity index (χ4n) is 3.99. The van der Waals surface area contributed by atoms with Crippen molar-refractivity contribution in [2.45, 2.75) is 57.0 Å². The molecule has 0 amide bonds. The molecule has 3 unspecified atom stereocenters. The second kappa shape index (κ2) is 10.6. The Morgan fingerprint density at radius 1 is 1.40 bits per heavy atom. The summed E-state index contributed by atoms with van der Waals surface area (Å²) in [5, 5.41) is 8.00. The van der Waals surface area contributed by atoms with Gasteiger partial charge in [0.05, 0.1) is 5.38 Å². The number of nitrogens with zero attached hydrogens (tertiary/aromatic N) is 1. The van der Waals surface area contributed by atoms with Crippen molar-refractivity contribution in [2.75, 3.05) is 26.2 Å². The number of piperidine rings is 1. The maximum atomic E-state index is 6.63. The van der Waals surface area contributed by atoms with Crippen molar-refractivity contribution >= 4 is 23.2 Å². The van der Waals surface area contributed by atoms with Crippen LogP contribution in [-0.4, -0.2) is 48.5 Å². The van der Waals surface area contributed by atoms with E-state index in [9.17, 15) is 0 Å². The molecule has 1 saturated heterocycles. The lowest BCUT2D eigenvalue weighted by Crippen LogP contribution is -2.53. The number of rotatable bonds is 9. The second-order valence-electron chi connectivity index (χ2n) is 7.08. The summed E-state index contributed by atoms with van der Waals surface area (Å²) in [5.41, 5.74) is 1.28. The van der Waals surface area contributed by atoms with Gasteiger partial charge in [0.2, 0.25) is 0 Å². The monoisotopic (exact) mass is 385 g/mol. The van der Waals surface area contributed by atoms with Gasteiger partial charge in [-0.25, -0.2) is 0 Å². The second-order valence-corrected chi connectivity index (χ2v) is 8.05. The molecule has 1 heterocycles. The molecule has 142 valence electrons. The molecule has 0 aromatic rings. The minimum absolute atomic E-state index is 0.0487. The summed E-state index contributed by atoms with van der Waals surface area (Å²) < 4.78 is 0. The fraction of sp³-hybridized carbons (Fsp3) is 0.700. The third-order valence-corrected chi connectivity index (χ3v) is 6.07. The van der Waals surface area contributed by atoms with Gasteiger partial charge in [-0.1, -0.05) is 38.1 Å². The van der Waals surface area contributed by atoms with Crippen LogP contribution in [-0.2, 0) is 0 Å². The molecule has 5 heteroatoms. The number of hydrogen-bond acceptors (Lipinski definition) is 3. The maximum Gasteiger partial charge on any atom is 0.0587 e. The zero-order valence-electron chi connectivity index (χ0n) is 15.6. The van der Waals surface area contributed by atoms with Crippen LogP contribution in [0.2, 0.25) is 0 Å². The Bertz CT molecular complexity index is 489. The lowest BCUT2D eigenvalue weighted by atomic mass is 9.78. The Balaban J connectivity index is 2.03. The van der Waals surface area contributed by atoms with Crippen molar-refractivity contribution < 1.29 is 0 Å². The molecule has 1 aliphatic heterocycles. The highest BCUT2D eigenvalue weighted by Gasteiger charge is 2.35. The number of allylic oxidation sites excluding steroid dienone is 3. The van der Waals surface area contributed by atoms with Crippen LogP contribution in [0.3, 0.4) is 0 Å². The predicted octanol–water partition coefficient (Wildman–Crippen LogP) is 4.25. The maximum absolute atomic E-state index is 6.63. The Kier molecular flexibility index (Phi) is 8.84.